The zero-order valence-corrected chi connectivity index (χ0v) is 19.2. The predicted octanol–water partition coefficient (Wildman–Crippen LogP) is 3.53. The van der Waals surface area contributed by atoms with Gasteiger partial charge in [-0.05, 0) is 56.0 Å². The topological polar surface area (TPSA) is 92.8 Å². The number of carbonyl (C=O) groups excluding carboxylic acids is 2. The van der Waals surface area contributed by atoms with Gasteiger partial charge in [-0.1, -0.05) is 38.1 Å². The molecule has 0 heterocycles. The van der Waals surface area contributed by atoms with Gasteiger partial charge in [0.1, 0.15) is 0 Å². The molecule has 7 nitrogen and oxygen atoms in total. The Morgan fingerprint density at radius 3 is 2.39 bits per heavy atom. The highest BCUT2D eigenvalue weighted by molar-refractivity contribution is 7.92. The second-order valence-corrected chi connectivity index (χ2v) is 9.42. The molecule has 1 N–H and O–H groups in total. The van der Waals surface area contributed by atoms with E-state index in [0.29, 0.717) is 23.7 Å². The second kappa shape index (κ2) is 10.9. The summed E-state index contributed by atoms with van der Waals surface area (Å²) < 4.78 is 33.0. The smallest absolute Gasteiger partial charge is 0.338 e. The maximum Gasteiger partial charge on any atom is 0.338 e. The Balaban J connectivity index is 2.17. The molecule has 31 heavy (non-hydrogen) atoms. The molecule has 0 bridgehead atoms. The van der Waals surface area contributed by atoms with Crippen molar-refractivity contribution in [2.45, 2.75) is 39.0 Å². The summed E-state index contributed by atoms with van der Waals surface area (Å²) >= 11 is 0. The van der Waals surface area contributed by atoms with Crippen LogP contribution in [0.2, 0.25) is 0 Å². The van der Waals surface area contributed by atoms with Gasteiger partial charge in [0.2, 0.25) is 0 Å². The number of anilines is 1. The van der Waals surface area contributed by atoms with Crippen LogP contribution in [-0.4, -0.2) is 40.0 Å². The van der Waals surface area contributed by atoms with E-state index in [9.17, 15) is 18.0 Å². The molecule has 0 aliphatic carbocycles. The van der Waals surface area contributed by atoms with Crippen molar-refractivity contribution in [2.24, 2.45) is 5.92 Å². The fourth-order valence-electron chi connectivity index (χ4n) is 2.97. The van der Waals surface area contributed by atoms with E-state index in [1.807, 2.05) is 19.9 Å². The lowest BCUT2D eigenvalue weighted by molar-refractivity contribution is -0.124. The van der Waals surface area contributed by atoms with E-state index >= 15 is 0 Å². The first-order valence-electron chi connectivity index (χ1n) is 10.3. The van der Waals surface area contributed by atoms with Gasteiger partial charge < -0.3 is 10.1 Å². The lowest BCUT2D eigenvalue weighted by Gasteiger charge is -2.24. The third-order valence-corrected chi connectivity index (χ3v) is 6.75. The van der Waals surface area contributed by atoms with Crippen molar-refractivity contribution >= 4 is 27.6 Å². The Hall–Kier alpha value is -2.87. The zero-order chi connectivity index (χ0) is 23.0. The van der Waals surface area contributed by atoms with Crippen LogP contribution in [0.15, 0.2) is 53.4 Å². The van der Waals surface area contributed by atoms with E-state index < -0.39 is 28.5 Å². The van der Waals surface area contributed by atoms with Gasteiger partial charge >= 0.3 is 5.97 Å². The lowest BCUT2D eigenvalue weighted by atomic mass is 10.1. The van der Waals surface area contributed by atoms with Crippen LogP contribution < -0.4 is 9.62 Å². The van der Waals surface area contributed by atoms with Crippen molar-refractivity contribution in [3.05, 3.63) is 59.7 Å². The fraction of sp³-hybridized carbons (Fsp3) is 0.391. The van der Waals surface area contributed by atoms with Crippen molar-refractivity contribution in [3.8, 4) is 0 Å². The van der Waals surface area contributed by atoms with E-state index in [4.69, 9.17) is 4.74 Å². The van der Waals surface area contributed by atoms with E-state index in [-0.39, 0.29) is 17.0 Å². The SMILES string of the molecule is CCN(c1ccccc1)S(=O)(=O)c1cc(C(=O)OCC(=O)NCCC(C)C)ccc1C. The van der Waals surface area contributed by atoms with E-state index in [1.54, 1.807) is 44.2 Å². The van der Waals surface area contributed by atoms with Gasteiger partial charge in [0.15, 0.2) is 6.61 Å². The summed E-state index contributed by atoms with van der Waals surface area (Å²) in [7, 11) is -3.90. The van der Waals surface area contributed by atoms with Crippen molar-refractivity contribution in [1.82, 2.24) is 5.32 Å². The summed E-state index contributed by atoms with van der Waals surface area (Å²) in [6.45, 7) is 7.83. The molecule has 0 aromatic heterocycles. The Kier molecular flexibility index (Phi) is 8.62. The van der Waals surface area contributed by atoms with Crippen LogP contribution in [0.3, 0.4) is 0 Å². The molecule has 0 aliphatic heterocycles. The van der Waals surface area contributed by atoms with Gasteiger partial charge in [-0.15, -0.1) is 0 Å². The van der Waals surface area contributed by atoms with Gasteiger partial charge in [-0.2, -0.15) is 0 Å². The zero-order valence-electron chi connectivity index (χ0n) is 18.4. The van der Waals surface area contributed by atoms with E-state index in [2.05, 4.69) is 5.32 Å². The predicted molar refractivity (Wildman–Crippen MR) is 121 cm³/mol. The molecule has 2 aromatic carbocycles. The highest BCUT2D eigenvalue weighted by Gasteiger charge is 2.26. The molecular formula is C23H30N2O5S. The average Bonchev–Trinajstić information content (AvgIpc) is 2.73. The molecule has 0 spiro atoms. The maximum absolute atomic E-state index is 13.3. The van der Waals surface area contributed by atoms with E-state index in [1.165, 1.54) is 16.4 Å². The number of para-hydroxylation sites is 1. The third-order valence-electron chi connectivity index (χ3n) is 4.70. The maximum atomic E-state index is 13.3. The summed E-state index contributed by atoms with van der Waals surface area (Å²) in [5.74, 6) is -0.692. The number of carbonyl (C=O) groups is 2. The van der Waals surface area contributed by atoms with Gasteiger partial charge in [0, 0.05) is 13.1 Å². The number of nitrogens with zero attached hydrogens (tertiary/aromatic N) is 1. The van der Waals surface area contributed by atoms with Crippen LogP contribution in [0.25, 0.3) is 0 Å². The van der Waals surface area contributed by atoms with Crippen molar-refractivity contribution in [2.75, 3.05) is 24.0 Å². The molecule has 0 radical (unpaired) electrons. The molecule has 0 unspecified atom stereocenters. The standard InChI is InChI=1S/C23H30N2O5S/c1-5-25(20-9-7-6-8-10-20)31(28,29)21-15-19(12-11-18(21)4)23(27)30-16-22(26)24-14-13-17(2)3/h6-12,15,17H,5,13-14,16H2,1-4H3,(H,24,26). The Bertz CT molecular complexity index is 1000. The molecule has 1 amide bonds. The van der Waals surface area contributed by atoms with E-state index in [0.717, 1.165) is 6.42 Å². The Morgan fingerprint density at radius 2 is 1.77 bits per heavy atom. The quantitative estimate of drug-likeness (QED) is 0.564. The van der Waals surface area contributed by atoms with Crippen LogP contribution >= 0.6 is 0 Å². The lowest BCUT2D eigenvalue weighted by Crippen LogP contribution is -2.31. The number of benzene rings is 2. The summed E-state index contributed by atoms with van der Waals surface area (Å²) in [4.78, 5) is 24.3. The fourth-order valence-corrected chi connectivity index (χ4v) is 4.70. The second-order valence-electron chi connectivity index (χ2n) is 7.59. The van der Waals surface area contributed by atoms with Crippen molar-refractivity contribution in [3.63, 3.8) is 0 Å². The van der Waals surface area contributed by atoms with Crippen LogP contribution in [0.5, 0.6) is 0 Å². The number of esters is 1. The number of sulfonamides is 1. The molecule has 0 fully saturated rings. The number of amides is 1. The minimum absolute atomic E-state index is 0.0223. The minimum Gasteiger partial charge on any atom is -0.452 e. The summed E-state index contributed by atoms with van der Waals surface area (Å²) in [6, 6.07) is 13.1. The third kappa shape index (κ3) is 6.55. The van der Waals surface area contributed by atoms with Crippen molar-refractivity contribution in [1.29, 1.82) is 0 Å². The first-order chi connectivity index (χ1) is 14.7. The Labute approximate surface area is 184 Å². The largest absolute Gasteiger partial charge is 0.452 e. The number of aryl methyl sites for hydroxylation is 1. The molecule has 0 atom stereocenters. The highest BCUT2D eigenvalue weighted by Crippen LogP contribution is 2.26. The van der Waals surface area contributed by atoms with Gasteiger partial charge in [0.05, 0.1) is 16.1 Å². The minimum atomic E-state index is -3.90. The Morgan fingerprint density at radius 1 is 1.10 bits per heavy atom. The van der Waals surface area contributed by atoms with Crippen LogP contribution in [-0.2, 0) is 19.6 Å². The highest BCUT2D eigenvalue weighted by atomic mass is 32.2. The van der Waals surface area contributed by atoms with Crippen LogP contribution in [0.4, 0.5) is 5.69 Å². The monoisotopic (exact) mass is 446 g/mol. The van der Waals surface area contributed by atoms with Crippen LogP contribution in [0, 0.1) is 12.8 Å². The molecule has 8 heteroatoms. The number of rotatable bonds is 10. The van der Waals surface area contributed by atoms with Gasteiger partial charge in [-0.25, -0.2) is 13.2 Å². The first-order valence-corrected chi connectivity index (χ1v) is 11.7. The molecule has 2 aromatic rings. The summed E-state index contributed by atoms with van der Waals surface area (Å²) in [5.41, 5.74) is 1.12. The summed E-state index contributed by atoms with van der Waals surface area (Å²) in [5, 5.41) is 2.69. The van der Waals surface area contributed by atoms with Crippen LogP contribution in [0.1, 0.15) is 43.1 Å². The number of hydrogen-bond acceptors (Lipinski definition) is 5. The number of nitrogens with one attached hydrogen (secondary N) is 1. The van der Waals surface area contributed by atoms with Crippen molar-refractivity contribution < 1.29 is 22.7 Å². The van der Waals surface area contributed by atoms with Gasteiger partial charge in [0.25, 0.3) is 15.9 Å². The molecule has 0 saturated carbocycles. The normalized spacial score (nSPS) is 11.3. The molecule has 0 saturated heterocycles. The number of ether oxygens (including phenoxy) is 1. The molecule has 0 aliphatic rings. The van der Waals surface area contributed by atoms with Gasteiger partial charge in [-0.3, -0.25) is 9.10 Å². The molecule has 168 valence electrons. The molecule has 2 rings (SSSR count). The summed E-state index contributed by atoms with van der Waals surface area (Å²) in [6.07, 6.45) is 0.828. The average molecular weight is 447 g/mol. The molecular weight excluding hydrogens is 416 g/mol. The number of hydrogen-bond donors (Lipinski definition) is 1. The first kappa shape index (κ1) is 24.4.